The van der Waals surface area contributed by atoms with Crippen LogP contribution in [0.4, 0.5) is 4.79 Å². The highest BCUT2D eigenvalue weighted by atomic mass is 28.4. The number of ether oxygens (including phenoxy) is 1. The lowest BCUT2D eigenvalue weighted by Gasteiger charge is -2.37. The minimum atomic E-state index is -2.31. The first-order valence-corrected chi connectivity index (χ1v) is 11.3. The molecular formula is C17H31NO6Si. The first-order valence-electron chi connectivity index (χ1n) is 8.41. The predicted octanol–water partition coefficient (Wildman–Crippen LogP) is 3.39. The Morgan fingerprint density at radius 1 is 1.20 bits per heavy atom. The van der Waals surface area contributed by atoms with E-state index in [0.29, 0.717) is 4.90 Å². The van der Waals surface area contributed by atoms with Crippen molar-refractivity contribution in [3.05, 3.63) is 0 Å². The van der Waals surface area contributed by atoms with Gasteiger partial charge >= 0.3 is 12.1 Å². The Hall–Kier alpha value is -1.41. The van der Waals surface area contributed by atoms with Crippen LogP contribution >= 0.6 is 0 Å². The lowest BCUT2D eigenvalue weighted by Crippen LogP contribution is -2.54. The largest absolute Gasteiger partial charge is 0.479 e. The second-order valence-corrected chi connectivity index (χ2v) is 14.1. The second-order valence-electron chi connectivity index (χ2n) is 9.30. The molecule has 2 amide bonds. The van der Waals surface area contributed by atoms with Crippen molar-refractivity contribution in [3.63, 3.8) is 0 Å². The van der Waals surface area contributed by atoms with Gasteiger partial charge in [-0.2, -0.15) is 0 Å². The van der Waals surface area contributed by atoms with Crippen LogP contribution in [0.25, 0.3) is 0 Å². The highest BCUT2D eigenvalue weighted by Gasteiger charge is 2.59. The minimum Gasteiger partial charge on any atom is -0.479 e. The predicted molar refractivity (Wildman–Crippen MR) is 95.8 cm³/mol. The topological polar surface area (TPSA) is 93.1 Å². The fourth-order valence-electron chi connectivity index (χ4n) is 2.33. The van der Waals surface area contributed by atoms with Crippen LogP contribution in [0.2, 0.25) is 18.1 Å². The van der Waals surface area contributed by atoms with Crippen molar-refractivity contribution in [1.82, 2.24) is 4.90 Å². The summed E-state index contributed by atoms with van der Waals surface area (Å²) in [6.45, 7) is 16.4. The van der Waals surface area contributed by atoms with E-state index in [9.17, 15) is 19.5 Å². The molecule has 0 aromatic carbocycles. The van der Waals surface area contributed by atoms with Crippen LogP contribution in [0.3, 0.4) is 0 Å². The third-order valence-electron chi connectivity index (χ3n) is 4.85. The summed E-state index contributed by atoms with van der Waals surface area (Å²) in [6, 6.07) is 0. The summed E-state index contributed by atoms with van der Waals surface area (Å²) in [5, 5.41) is 9.49. The van der Waals surface area contributed by atoms with Gasteiger partial charge in [0.1, 0.15) is 11.7 Å². The maximum atomic E-state index is 12.8. The molecule has 0 radical (unpaired) electrons. The summed E-state index contributed by atoms with van der Waals surface area (Å²) in [5.74, 6) is -1.91. The maximum Gasteiger partial charge on any atom is 0.418 e. The van der Waals surface area contributed by atoms with Crippen LogP contribution in [0, 0.1) is 0 Å². The molecule has 0 aromatic rings. The highest BCUT2D eigenvalue weighted by molar-refractivity contribution is 6.74. The highest BCUT2D eigenvalue weighted by Crippen LogP contribution is 2.41. The minimum absolute atomic E-state index is 0.0904. The van der Waals surface area contributed by atoms with Crippen molar-refractivity contribution in [2.24, 2.45) is 0 Å². The Bertz CT molecular complexity index is 575. The summed E-state index contributed by atoms with van der Waals surface area (Å²) in [4.78, 5) is 37.8. The molecule has 2 atom stereocenters. The van der Waals surface area contributed by atoms with Gasteiger partial charge in [0.05, 0.1) is 0 Å². The molecule has 8 heteroatoms. The summed E-state index contributed by atoms with van der Waals surface area (Å²) < 4.78 is 11.4. The number of nitrogens with zero attached hydrogens (tertiary/aromatic N) is 1. The van der Waals surface area contributed by atoms with Crippen LogP contribution in [-0.2, 0) is 18.8 Å². The van der Waals surface area contributed by atoms with Gasteiger partial charge in [-0.05, 0) is 45.8 Å². The molecule has 1 aliphatic rings. The summed E-state index contributed by atoms with van der Waals surface area (Å²) in [6.07, 6.45) is -2.01. The molecule has 0 unspecified atom stereocenters. The second kappa shape index (κ2) is 6.39. The number of hydrogen-bond donors (Lipinski definition) is 1. The SMILES string of the molecule is CC(C)(C)OC(=O)N1C(=O)[C@@H](O[Si](C)(C)C(C)(C)C)C[C@@]1(C)C(=O)O. The van der Waals surface area contributed by atoms with E-state index in [-0.39, 0.29) is 11.5 Å². The van der Waals surface area contributed by atoms with Gasteiger partial charge in [-0.15, -0.1) is 0 Å². The molecule has 144 valence electrons. The summed E-state index contributed by atoms with van der Waals surface area (Å²) >= 11 is 0. The average Bonchev–Trinajstić information content (AvgIpc) is 2.57. The standard InChI is InChI=1S/C17H31NO6Si/c1-15(2,3)23-14(22)18-12(19)11(10-17(18,7)13(20)21)24-25(8,9)16(4,5)6/h11H,10H2,1-9H3,(H,20,21)/t11-,17-/m0/s1. The maximum absolute atomic E-state index is 12.8. The van der Waals surface area contributed by atoms with E-state index >= 15 is 0 Å². The Morgan fingerprint density at radius 3 is 2.04 bits per heavy atom. The molecule has 1 heterocycles. The van der Waals surface area contributed by atoms with Crippen LogP contribution in [-0.4, -0.2) is 53.5 Å². The number of imide groups is 1. The van der Waals surface area contributed by atoms with Gasteiger partial charge in [-0.1, -0.05) is 20.8 Å². The number of likely N-dealkylation sites (tertiary alicyclic amines) is 1. The summed E-state index contributed by atoms with van der Waals surface area (Å²) in [5.41, 5.74) is -2.53. The van der Waals surface area contributed by atoms with Crippen molar-refractivity contribution in [1.29, 1.82) is 0 Å². The smallest absolute Gasteiger partial charge is 0.418 e. The fourth-order valence-corrected chi connectivity index (χ4v) is 3.58. The van der Waals surface area contributed by atoms with Gasteiger partial charge in [-0.25, -0.2) is 14.5 Å². The van der Waals surface area contributed by atoms with Gasteiger partial charge in [0.2, 0.25) is 0 Å². The van der Waals surface area contributed by atoms with Gasteiger partial charge in [0.15, 0.2) is 13.9 Å². The van der Waals surface area contributed by atoms with Crippen molar-refractivity contribution in [3.8, 4) is 0 Å². The average molecular weight is 374 g/mol. The first-order chi connectivity index (χ1) is 10.9. The lowest BCUT2D eigenvalue weighted by atomic mass is 9.99. The zero-order valence-electron chi connectivity index (χ0n) is 16.7. The van der Waals surface area contributed by atoms with E-state index in [2.05, 4.69) is 0 Å². The molecule has 1 saturated heterocycles. The third kappa shape index (κ3) is 4.41. The Morgan fingerprint density at radius 2 is 1.68 bits per heavy atom. The molecule has 0 aromatic heterocycles. The molecular weight excluding hydrogens is 342 g/mol. The summed E-state index contributed by atoms with van der Waals surface area (Å²) in [7, 11) is -2.31. The third-order valence-corrected chi connectivity index (χ3v) is 9.34. The number of rotatable bonds is 3. The number of carboxylic acid groups (broad SMARTS) is 1. The quantitative estimate of drug-likeness (QED) is 0.762. The number of carbonyl (C=O) groups excluding carboxylic acids is 2. The van der Waals surface area contributed by atoms with Crippen molar-refractivity contribution >= 4 is 26.3 Å². The van der Waals surface area contributed by atoms with Gasteiger partial charge in [0, 0.05) is 6.42 Å². The van der Waals surface area contributed by atoms with Crippen molar-refractivity contribution in [2.45, 2.75) is 90.3 Å². The molecule has 0 bridgehead atoms. The van der Waals surface area contributed by atoms with Gasteiger partial charge in [-0.3, -0.25) is 4.79 Å². The lowest BCUT2D eigenvalue weighted by molar-refractivity contribution is -0.152. The molecule has 1 rings (SSSR count). The van der Waals surface area contributed by atoms with Gasteiger partial charge in [0.25, 0.3) is 5.91 Å². The zero-order chi connectivity index (χ0) is 20.0. The number of carbonyl (C=O) groups is 3. The van der Waals surface area contributed by atoms with E-state index in [1.807, 2.05) is 33.9 Å². The van der Waals surface area contributed by atoms with E-state index < -0.39 is 43.5 Å². The number of amides is 2. The molecule has 7 nitrogen and oxygen atoms in total. The molecule has 1 aliphatic heterocycles. The van der Waals surface area contributed by atoms with E-state index in [1.165, 1.54) is 6.92 Å². The number of carboxylic acids is 1. The van der Waals surface area contributed by atoms with Crippen LogP contribution < -0.4 is 0 Å². The van der Waals surface area contributed by atoms with E-state index in [1.54, 1.807) is 20.8 Å². The fraction of sp³-hybridized carbons (Fsp3) is 0.824. The molecule has 0 aliphatic carbocycles. The van der Waals surface area contributed by atoms with E-state index in [4.69, 9.17) is 9.16 Å². The van der Waals surface area contributed by atoms with Crippen LogP contribution in [0.5, 0.6) is 0 Å². The first kappa shape index (κ1) is 21.6. The monoisotopic (exact) mass is 373 g/mol. The zero-order valence-corrected chi connectivity index (χ0v) is 17.7. The molecule has 0 spiro atoms. The Labute approximate surface area is 150 Å². The molecule has 1 fully saturated rings. The normalized spacial score (nSPS) is 25.2. The Balaban J connectivity index is 3.19. The number of hydrogen-bond acceptors (Lipinski definition) is 5. The molecule has 25 heavy (non-hydrogen) atoms. The van der Waals surface area contributed by atoms with Crippen molar-refractivity contribution < 1.29 is 28.7 Å². The Kier molecular flexibility index (Phi) is 5.53. The molecule has 1 N–H and O–H groups in total. The van der Waals surface area contributed by atoms with E-state index in [0.717, 1.165) is 0 Å². The number of aliphatic carboxylic acids is 1. The van der Waals surface area contributed by atoms with Crippen molar-refractivity contribution in [2.75, 3.05) is 0 Å². The molecule has 0 saturated carbocycles. The van der Waals surface area contributed by atoms with Crippen LogP contribution in [0.1, 0.15) is 54.9 Å². The van der Waals surface area contributed by atoms with Crippen LogP contribution in [0.15, 0.2) is 0 Å². The van der Waals surface area contributed by atoms with Gasteiger partial charge < -0.3 is 14.3 Å².